The van der Waals surface area contributed by atoms with Crippen LogP contribution in [0.1, 0.15) is 33.4 Å². The number of hydrogen-bond donors (Lipinski definition) is 0. The van der Waals surface area contributed by atoms with E-state index in [0.717, 1.165) is 36.4 Å². The molecule has 0 amide bonds. The smallest absolute Gasteiger partial charge is 0.411 e. The van der Waals surface area contributed by atoms with Gasteiger partial charge in [0.15, 0.2) is 13.5 Å². The Morgan fingerprint density at radius 1 is 0.578 bits per heavy atom. The van der Waals surface area contributed by atoms with E-state index in [1.165, 1.54) is 0 Å². The third-order valence-electron chi connectivity index (χ3n) is 8.07. The van der Waals surface area contributed by atoms with E-state index in [1.54, 1.807) is 58.3 Å². The maximum atomic E-state index is 15.1. The third-order valence-corrected chi connectivity index (χ3v) is 8.07. The fourth-order valence-corrected chi connectivity index (χ4v) is 5.85. The molecule has 0 fully saturated rings. The van der Waals surface area contributed by atoms with Crippen LogP contribution in [0.3, 0.4) is 0 Å². The van der Waals surface area contributed by atoms with Gasteiger partial charge in [-0.05, 0) is 71.8 Å². The number of fused-ring (bicyclic) bond motifs is 2. The summed E-state index contributed by atoms with van der Waals surface area (Å²) in [4.78, 5) is 3.35. The summed E-state index contributed by atoms with van der Waals surface area (Å²) in [5.74, 6) is 5.41. The lowest BCUT2D eigenvalue weighted by atomic mass is 9.72. The lowest BCUT2D eigenvalue weighted by Gasteiger charge is -2.40. The highest BCUT2D eigenvalue weighted by atomic mass is 19.4. The van der Waals surface area contributed by atoms with Gasteiger partial charge in [0.2, 0.25) is 5.41 Å². The SMILES string of the molecule is C#Cc1cccc(N2COc3ccc(C(c4ccc5c(c4)CN(c4cccc(C#C)c4)CO5)(C(F)(F)F)C(F)(F)F)cc3C2)c1. The molecule has 2 heterocycles. The fraction of sp³-hybridized carbons (Fsp3) is 0.200. The highest BCUT2D eigenvalue weighted by Gasteiger charge is 2.72. The average Bonchev–Trinajstić information content (AvgIpc) is 3.03. The van der Waals surface area contributed by atoms with Gasteiger partial charge in [-0.25, -0.2) is 0 Å². The van der Waals surface area contributed by atoms with Gasteiger partial charge in [-0.3, -0.25) is 0 Å². The summed E-state index contributed by atoms with van der Waals surface area (Å²) in [5, 5.41) is 0. The molecule has 0 unspecified atom stereocenters. The minimum absolute atomic E-state index is 0.00665. The molecule has 0 aliphatic carbocycles. The molecule has 2 aliphatic heterocycles. The van der Waals surface area contributed by atoms with Crippen molar-refractivity contribution in [2.45, 2.75) is 30.9 Å². The van der Waals surface area contributed by atoms with Crippen molar-refractivity contribution in [2.24, 2.45) is 0 Å². The third kappa shape index (κ3) is 5.17. The van der Waals surface area contributed by atoms with Gasteiger partial charge in [0.25, 0.3) is 0 Å². The maximum Gasteiger partial charge on any atom is 0.411 e. The summed E-state index contributed by atoms with van der Waals surface area (Å²) in [5.41, 5.74) is -3.58. The maximum absolute atomic E-state index is 15.1. The van der Waals surface area contributed by atoms with Crippen LogP contribution in [0.25, 0.3) is 0 Å². The number of alkyl halides is 6. The number of terminal acetylenes is 2. The molecule has 45 heavy (non-hydrogen) atoms. The van der Waals surface area contributed by atoms with Gasteiger partial charge < -0.3 is 19.3 Å². The van der Waals surface area contributed by atoms with Crippen molar-refractivity contribution in [3.05, 3.63) is 118 Å². The van der Waals surface area contributed by atoms with Crippen LogP contribution < -0.4 is 19.3 Å². The van der Waals surface area contributed by atoms with Gasteiger partial charge in [-0.1, -0.05) is 36.1 Å². The van der Waals surface area contributed by atoms with Crippen molar-refractivity contribution >= 4 is 11.4 Å². The van der Waals surface area contributed by atoms with Gasteiger partial charge in [0.05, 0.1) is 0 Å². The molecule has 2 aliphatic rings. The van der Waals surface area contributed by atoms with Gasteiger partial charge in [0, 0.05) is 46.7 Å². The molecule has 0 aromatic heterocycles. The number of ether oxygens (including phenoxy) is 2. The summed E-state index contributed by atoms with van der Waals surface area (Å²) < 4.78 is 102. The highest BCUT2D eigenvalue weighted by Crippen LogP contribution is 2.57. The van der Waals surface area contributed by atoms with Crippen LogP contribution in [0, 0.1) is 24.7 Å². The van der Waals surface area contributed by atoms with Crippen LogP contribution in [0.15, 0.2) is 84.9 Å². The zero-order chi connectivity index (χ0) is 32.0. The topological polar surface area (TPSA) is 24.9 Å². The molecule has 0 bridgehead atoms. The number of halogens is 6. The summed E-state index contributed by atoms with van der Waals surface area (Å²) in [6.07, 6.45) is -0.546. The van der Waals surface area contributed by atoms with Crippen LogP contribution >= 0.6 is 0 Å². The Bertz CT molecular complexity index is 1720. The quantitative estimate of drug-likeness (QED) is 0.172. The molecule has 0 radical (unpaired) electrons. The lowest BCUT2D eigenvalue weighted by molar-refractivity contribution is -0.288. The predicted molar refractivity (Wildman–Crippen MR) is 158 cm³/mol. The molecular formula is C35H24F6N2O2. The second kappa shape index (κ2) is 11.0. The minimum Gasteiger partial charge on any atom is -0.473 e. The predicted octanol–water partition coefficient (Wildman–Crippen LogP) is 7.77. The van der Waals surface area contributed by atoms with Crippen LogP contribution in [-0.4, -0.2) is 25.8 Å². The number of rotatable bonds is 4. The van der Waals surface area contributed by atoms with E-state index >= 15 is 26.3 Å². The van der Waals surface area contributed by atoms with Crippen LogP contribution in [0.2, 0.25) is 0 Å². The molecule has 0 N–H and O–H groups in total. The van der Waals surface area contributed by atoms with Gasteiger partial charge >= 0.3 is 12.4 Å². The normalized spacial score (nSPS) is 14.8. The zero-order valence-corrected chi connectivity index (χ0v) is 23.5. The van der Waals surface area contributed by atoms with Crippen molar-refractivity contribution in [1.29, 1.82) is 0 Å². The number of nitrogens with zero attached hydrogens (tertiary/aromatic N) is 2. The first-order valence-electron chi connectivity index (χ1n) is 13.7. The summed E-state index contributed by atoms with van der Waals surface area (Å²) >= 11 is 0. The minimum atomic E-state index is -5.76. The van der Waals surface area contributed by atoms with Crippen LogP contribution in [0.5, 0.6) is 11.5 Å². The van der Waals surface area contributed by atoms with E-state index in [9.17, 15) is 0 Å². The monoisotopic (exact) mass is 618 g/mol. The Labute approximate surface area is 255 Å². The number of hydrogen-bond acceptors (Lipinski definition) is 4. The Hall–Kier alpha value is -5.22. The molecule has 4 nitrogen and oxygen atoms in total. The molecule has 0 saturated heterocycles. The molecule has 10 heteroatoms. The van der Waals surface area contributed by atoms with Crippen molar-refractivity contribution < 1.29 is 35.8 Å². The van der Waals surface area contributed by atoms with Crippen molar-refractivity contribution in [2.75, 3.05) is 23.3 Å². The standard InChI is InChI=1S/C35H24F6N2O2/c1-3-23-7-5-9-29(15-23)42-19-25-17-27(11-13-31(25)44-21-42)33(34(36,37)38,35(39,40)41)28-12-14-32-26(18-28)20-43(22-45-32)30-10-6-8-24(4-2)16-30/h1-2,5-18H,19-22H2. The largest absolute Gasteiger partial charge is 0.473 e. The van der Waals surface area contributed by atoms with Gasteiger partial charge in [-0.2, -0.15) is 26.3 Å². The van der Waals surface area contributed by atoms with Crippen LogP contribution in [-0.2, 0) is 18.5 Å². The Kier molecular flexibility index (Phi) is 7.33. The second-order valence-electron chi connectivity index (χ2n) is 10.7. The Morgan fingerprint density at radius 3 is 1.38 bits per heavy atom. The molecule has 4 aromatic carbocycles. The van der Waals surface area contributed by atoms with Crippen molar-refractivity contribution in [1.82, 2.24) is 0 Å². The number of benzene rings is 4. The molecule has 0 spiro atoms. The molecule has 228 valence electrons. The number of anilines is 2. The molecule has 0 saturated carbocycles. The first-order chi connectivity index (χ1) is 21.4. The van der Waals surface area contributed by atoms with E-state index < -0.39 is 28.9 Å². The van der Waals surface area contributed by atoms with E-state index in [1.807, 2.05) is 0 Å². The molecule has 6 rings (SSSR count). The zero-order valence-electron chi connectivity index (χ0n) is 23.5. The van der Waals surface area contributed by atoms with E-state index in [-0.39, 0.29) is 49.2 Å². The van der Waals surface area contributed by atoms with Crippen molar-refractivity contribution in [3.8, 4) is 36.2 Å². The van der Waals surface area contributed by atoms with E-state index in [2.05, 4.69) is 11.8 Å². The molecule has 4 aromatic rings. The summed E-state index contributed by atoms with van der Waals surface area (Å²) in [7, 11) is 0. The Morgan fingerprint density at radius 2 is 1.00 bits per heavy atom. The average molecular weight is 619 g/mol. The van der Waals surface area contributed by atoms with E-state index in [4.69, 9.17) is 22.3 Å². The summed E-state index contributed by atoms with van der Waals surface area (Å²) in [6.45, 7) is 0.0880. The first kappa shape index (κ1) is 29.8. The summed E-state index contributed by atoms with van der Waals surface area (Å²) in [6, 6.07) is 19.5. The van der Waals surface area contributed by atoms with Crippen LogP contribution in [0.4, 0.5) is 37.7 Å². The second-order valence-corrected chi connectivity index (χ2v) is 10.7. The van der Waals surface area contributed by atoms with Crippen molar-refractivity contribution in [3.63, 3.8) is 0 Å². The van der Waals surface area contributed by atoms with E-state index in [0.29, 0.717) is 22.5 Å². The highest BCUT2D eigenvalue weighted by molar-refractivity contribution is 5.58. The van der Waals surface area contributed by atoms with Gasteiger partial charge in [-0.15, -0.1) is 12.8 Å². The first-order valence-corrected chi connectivity index (χ1v) is 13.7. The molecular weight excluding hydrogens is 594 g/mol. The Balaban J connectivity index is 1.43. The fourth-order valence-electron chi connectivity index (χ4n) is 5.85. The van der Waals surface area contributed by atoms with Gasteiger partial charge in [0.1, 0.15) is 11.5 Å². The lowest BCUT2D eigenvalue weighted by Crippen LogP contribution is -2.55. The molecule has 0 atom stereocenters.